The van der Waals surface area contributed by atoms with Crippen molar-refractivity contribution in [3.8, 4) is 0 Å². The van der Waals surface area contributed by atoms with Gasteiger partial charge in [0.15, 0.2) is 0 Å². The summed E-state index contributed by atoms with van der Waals surface area (Å²) in [5, 5.41) is 9.98. The van der Waals surface area contributed by atoms with Crippen LogP contribution in [0.2, 0.25) is 0 Å². The van der Waals surface area contributed by atoms with Crippen LogP contribution in [0.5, 0.6) is 0 Å². The van der Waals surface area contributed by atoms with E-state index in [0.717, 1.165) is 25.8 Å². The number of likely N-dealkylation sites (tertiary alicyclic amines) is 1. The van der Waals surface area contributed by atoms with E-state index in [1.165, 1.54) is 16.3 Å². The van der Waals surface area contributed by atoms with Crippen LogP contribution in [0.1, 0.15) is 36.8 Å². The third kappa shape index (κ3) is 3.27. The third-order valence-electron chi connectivity index (χ3n) is 5.80. The van der Waals surface area contributed by atoms with Crippen LogP contribution in [0.25, 0.3) is 10.8 Å². The zero-order valence-electron chi connectivity index (χ0n) is 15.2. The molecule has 3 aromatic rings. The molecule has 2 heterocycles. The lowest BCUT2D eigenvalue weighted by Gasteiger charge is -2.32. The number of hydrogen-bond donors (Lipinski definition) is 1. The number of carbonyl (C=O) groups is 1. The average Bonchev–Trinajstić information content (AvgIpc) is 3.25. The van der Waals surface area contributed by atoms with Gasteiger partial charge in [-0.1, -0.05) is 42.5 Å². The van der Waals surface area contributed by atoms with Crippen LogP contribution in [0.15, 0.2) is 55.1 Å². The number of nitrogens with one attached hydrogen (secondary N) is 1. The van der Waals surface area contributed by atoms with Gasteiger partial charge >= 0.3 is 6.03 Å². The third-order valence-corrected chi connectivity index (χ3v) is 5.80. The predicted octanol–water partition coefficient (Wildman–Crippen LogP) is 3.33. The normalized spacial score (nSPS) is 24.7. The molecule has 6 heteroatoms. The summed E-state index contributed by atoms with van der Waals surface area (Å²) in [6.07, 6.45) is 6.34. The number of rotatable bonds is 3. The Labute approximate surface area is 158 Å². The molecule has 0 spiro atoms. The molecule has 1 aliphatic carbocycles. The highest BCUT2D eigenvalue weighted by Gasteiger charge is 2.40. The molecule has 1 saturated carbocycles. The molecule has 5 rings (SSSR count). The molecular weight excluding hydrogens is 338 g/mol. The van der Waals surface area contributed by atoms with Crippen LogP contribution in [-0.2, 0) is 0 Å². The standard InChI is InChI=1S/C21H23N5O/c27-21(25-9-3-6-18(12-25)26-14-22-13-23-26)24-20-11-19(20)17-8-7-15-4-1-2-5-16(15)10-17/h1-2,4-5,7-8,10,13-14,18-20H,3,6,9,11-12H2,(H,24,27)/t18?,19-,20+/m0/s1. The van der Waals surface area contributed by atoms with Gasteiger partial charge in [0, 0.05) is 25.0 Å². The molecule has 2 aliphatic rings. The molecule has 6 nitrogen and oxygen atoms in total. The largest absolute Gasteiger partial charge is 0.335 e. The zero-order chi connectivity index (χ0) is 18.2. The molecule has 0 bridgehead atoms. The fourth-order valence-corrected chi connectivity index (χ4v) is 4.17. The maximum Gasteiger partial charge on any atom is 0.317 e. The Kier molecular flexibility index (Phi) is 4.03. The predicted molar refractivity (Wildman–Crippen MR) is 103 cm³/mol. The smallest absolute Gasteiger partial charge is 0.317 e. The van der Waals surface area contributed by atoms with E-state index in [1.807, 2.05) is 9.58 Å². The van der Waals surface area contributed by atoms with Crippen molar-refractivity contribution in [3.05, 3.63) is 60.7 Å². The zero-order valence-corrected chi connectivity index (χ0v) is 15.2. The lowest BCUT2D eigenvalue weighted by molar-refractivity contribution is 0.162. The second kappa shape index (κ2) is 6.68. The van der Waals surface area contributed by atoms with Gasteiger partial charge in [-0.15, -0.1) is 0 Å². The van der Waals surface area contributed by atoms with Crippen molar-refractivity contribution in [1.82, 2.24) is 25.0 Å². The number of amides is 2. The van der Waals surface area contributed by atoms with Crippen molar-refractivity contribution in [2.75, 3.05) is 13.1 Å². The molecule has 2 amide bonds. The van der Waals surface area contributed by atoms with Gasteiger partial charge in [-0.3, -0.25) is 0 Å². The Hall–Kier alpha value is -2.89. The number of fused-ring (bicyclic) bond motifs is 1. The minimum atomic E-state index is 0.0492. The number of carbonyl (C=O) groups excluding carboxylic acids is 1. The van der Waals surface area contributed by atoms with E-state index < -0.39 is 0 Å². The molecular formula is C21H23N5O. The van der Waals surface area contributed by atoms with Crippen LogP contribution in [-0.4, -0.2) is 44.8 Å². The molecule has 3 atom stereocenters. The Balaban J connectivity index is 1.21. The molecule has 2 fully saturated rings. The second-order valence-corrected chi connectivity index (χ2v) is 7.62. The minimum absolute atomic E-state index is 0.0492. The Morgan fingerprint density at radius 1 is 1.15 bits per heavy atom. The van der Waals surface area contributed by atoms with Crippen molar-refractivity contribution in [3.63, 3.8) is 0 Å². The van der Waals surface area contributed by atoms with Crippen LogP contribution in [0, 0.1) is 0 Å². The molecule has 1 aliphatic heterocycles. The van der Waals surface area contributed by atoms with Gasteiger partial charge in [0.25, 0.3) is 0 Å². The summed E-state index contributed by atoms with van der Waals surface area (Å²) in [6, 6.07) is 15.6. The number of aromatic nitrogens is 3. The van der Waals surface area contributed by atoms with Crippen molar-refractivity contribution >= 4 is 16.8 Å². The van der Waals surface area contributed by atoms with Crippen molar-refractivity contribution in [1.29, 1.82) is 0 Å². The maximum absolute atomic E-state index is 12.7. The van der Waals surface area contributed by atoms with Crippen molar-refractivity contribution < 1.29 is 4.79 Å². The van der Waals surface area contributed by atoms with Gasteiger partial charge < -0.3 is 10.2 Å². The summed E-state index contributed by atoms with van der Waals surface area (Å²) in [7, 11) is 0. The lowest BCUT2D eigenvalue weighted by Crippen LogP contribution is -2.46. The summed E-state index contributed by atoms with van der Waals surface area (Å²) in [4.78, 5) is 18.7. The van der Waals surface area contributed by atoms with Crippen molar-refractivity contribution in [2.24, 2.45) is 0 Å². The monoisotopic (exact) mass is 361 g/mol. The molecule has 2 aromatic carbocycles. The van der Waals surface area contributed by atoms with Crippen LogP contribution < -0.4 is 5.32 Å². The van der Waals surface area contributed by atoms with E-state index in [0.29, 0.717) is 12.5 Å². The number of urea groups is 1. The van der Waals surface area contributed by atoms with E-state index in [9.17, 15) is 4.79 Å². The molecule has 1 N–H and O–H groups in total. The number of piperidine rings is 1. The van der Waals surface area contributed by atoms with Gasteiger partial charge in [-0.2, -0.15) is 5.10 Å². The minimum Gasteiger partial charge on any atom is -0.335 e. The van der Waals surface area contributed by atoms with Gasteiger partial charge in [-0.05, 0) is 35.6 Å². The van der Waals surface area contributed by atoms with E-state index in [2.05, 4.69) is 57.9 Å². The topological polar surface area (TPSA) is 63.1 Å². The van der Waals surface area contributed by atoms with Crippen LogP contribution >= 0.6 is 0 Å². The first-order chi connectivity index (χ1) is 13.3. The highest BCUT2D eigenvalue weighted by Crippen LogP contribution is 2.41. The number of hydrogen-bond acceptors (Lipinski definition) is 3. The summed E-state index contributed by atoms with van der Waals surface area (Å²) in [5.41, 5.74) is 1.32. The Morgan fingerprint density at radius 3 is 2.89 bits per heavy atom. The molecule has 1 unspecified atom stereocenters. The van der Waals surface area contributed by atoms with E-state index >= 15 is 0 Å². The van der Waals surface area contributed by atoms with Crippen LogP contribution in [0.3, 0.4) is 0 Å². The van der Waals surface area contributed by atoms with Gasteiger partial charge in [0.2, 0.25) is 0 Å². The Bertz CT molecular complexity index is 954. The molecule has 1 aromatic heterocycles. The van der Waals surface area contributed by atoms with Gasteiger partial charge in [-0.25, -0.2) is 14.5 Å². The molecule has 0 radical (unpaired) electrons. The molecule has 1 saturated heterocycles. The summed E-state index contributed by atoms with van der Waals surface area (Å²) >= 11 is 0. The highest BCUT2D eigenvalue weighted by atomic mass is 16.2. The first-order valence-electron chi connectivity index (χ1n) is 9.66. The Morgan fingerprint density at radius 2 is 2.04 bits per heavy atom. The number of benzene rings is 2. The molecule has 27 heavy (non-hydrogen) atoms. The lowest BCUT2D eigenvalue weighted by atomic mass is 10.0. The summed E-state index contributed by atoms with van der Waals surface area (Å²) in [5.74, 6) is 0.425. The van der Waals surface area contributed by atoms with E-state index in [-0.39, 0.29) is 18.1 Å². The summed E-state index contributed by atoms with van der Waals surface area (Å²) in [6.45, 7) is 1.51. The van der Waals surface area contributed by atoms with E-state index in [1.54, 1.807) is 12.7 Å². The van der Waals surface area contributed by atoms with Gasteiger partial charge in [0.1, 0.15) is 12.7 Å². The SMILES string of the molecule is O=C(N[C@@H]1C[C@H]1c1ccc2ccccc2c1)N1CCCC(n2cncn2)C1. The maximum atomic E-state index is 12.7. The first kappa shape index (κ1) is 16.3. The second-order valence-electron chi connectivity index (χ2n) is 7.62. The molecule has 138 valence electrons. The summed E-state index contributed by atoms with van der Waals surface area (Å²) < 4.78 is 1.87. The van der Waals surface area contributed by atoms with Gasteiger partial charge in [0.05, 0.1) is 6.04 Å². The average molecular weight is 361 g/mol. The van der Waals surface area contributed by atoms with Crippen LogP contribution in [0.4, 0.5) is 4.79 Å². The quantitative estimate of drug-likeness (QED) is 0.778. The number of nitrogens with zero attached hydrogens (tertiary/aromatic N) is 4. The first-order valence-corrected chi connectivity index (χ1v) is 9.66. The highest BCUT2D eigenvalue weighted by molar-refractivity contribution is 5.83. The fraction of sp³-hybridized carbons (Fsp3) is 0.381. The van der Waals surface area contributed by atoms with Crippen molar-refractivity contribution in [2.45, 2.75) is 37.3 Å². The fourth-order valence-electron chi connectivity index (χ4n) is 4.17. The van der Waals surface area contributed by atoms with E-state index in [4.69, 9.17) is 0 Å².